The minimum Gasteiger partial charge on any atom is -0.465 e. The second-order valence-corrected chi connectivity index (χ2v) is 3.85. The van der Waals surface area contributed by atoms with Gasteiger partial charge in [0.1, 0.15) is 17.2 Å². The molecule has 0 fully saturated rings. The van der Waals surface area contributed by atoms with E-state index in [1.807, 2.05) is 6.92 Å². The number of thiocarbonyl (C=S) groups is 1. The van der Waals surface area contributed by atoms with E-state index >= 15 is 0 Å². The molecule has 0 spiro atoms. The largest absolute Gasteiger partial charge is 0.465 e. The van der Waals surface area contributed by atoms with E-state index in [4.69, 9.17) is 22.7 Å². The number of anilines is 1. The number of carbonyl (C=O) groups excluding carboxylic acids is 1. The molecule has 0 aliphatic carbocycles. The van der Waals surface area contributed by atoms with Gasteiger partial charge in [-0.1, -0.05) is 12.2 Å². The molecule has 1 heterocycles. The molecule has 0 amide bonds. The van der Waals surface area contributed by atoms with Crippen molar-refractivity contribution in [2.24, 2.45) is 5.73 Å². The zero-order valence-corrected chi connectivity index (χ0v) is 11.2. The molecule has 2 N–H and O–H groups in total. The molecule has 98 valence electrons. The van der Waals surface area contributed by atoms with Gasteiger partial charge in [-0.05, 0) is 13.8 Å². The van der Waals surface area contributed by atoms with E-state index in [1.54, 1.807) is 11.8 Å². The van der Waals surface area contributed by atoms with E-state index in [9.17, 15) is 4.79 Å². The molecule has 18 heavy (non-hydrogen) atoms. The lowest BCUT2D eigenvalue weighted by Crippen LogP contribution is -2.33. The number of likely N-dealkylation sites (N-methyl/N-ethyl adjacent to an activating group) is 1. The number of esters is 1. The first kappa shape index (κ1) is 14.3. The molecular formula is C11H16N4O2S. The van der Waals surface area contributed by atoms with Crippen LogP contribution >= 0.6 is 12.2 Å². The van der Waals surface area contributed by atoms with Crippen LogP contribution in [0.4, 0.5) is 5.82 Å². The first-order chi connectivity index (χ1) is 8.60. The molecule has 1 aromatic heterocycles. The standard InChI is InChI=1S/C11H16N4O2S/c1-3-15(7-8(16)17-4-2)11-9(10(12)18)13-5-6-14-11/h5-6H,3-4,7H2,1-2H3,(H2,12,18). The number of rotatable bonds is 6. The first-order valence-corrected chi connectivity index (χ1v) is 6.02. The van der Waals surface area contributed by atoms with Crippen molar-refractivity contribution in [3.8, 4) is 0 Å². The number of nitrogens with two attached hydrogens (primary N) is 1. The van der Waals surface area contributed by atoms with E-state index in [-0.39, 0.29) is 17.5 Å². The number of aromatic nitrogens is 2. The fourth-order valence-electron chi connectivity index (χ4n) is 1.43. The van der Waals surface area contributed by atoms with Gasteiger partial charge in [0.15, 0.2) is 5.82 Å². The maximum Gasteiger partial charge on any atom is 0.325 e. The third kappa shape index (κ3) is 3.63. The summed E-state index contributed by atoms with van der Waals surface area (Å²) in [6, 6.07) is 0. The van der Waals surface area contributed by atoms with Gasteiger partial charge >= 0.3 is 5.97 Å². The lowest BCUT2D eigenvalue weighted by molar-refractivity contribution is -0.141. The van der Waals surface area contributed by atoms with E-state index in [2.05, 4.69) is 9.97 Å². The normalized spacial score (nSPS) is 9.89. The summed E-state index contributed by atoms with van der Waals surface area (Å²) < 4.78 is 4.90. The summed E-state index contributed by atoms with van der Waals surface area (Å²) in [6.07, 6.45) is 3.04. The Kier molecular flexibility index (Phi) is 5.44. The molecule has 0 unspecified atom stereocenters. The second-order valence-electron chi connectivity index (χ2n) is 3.41. The van der Waals surface area contributed by atoms with Crippen LogP contribution in [0.3, 0.4) is 0 Å². The average Bonchev–Trinajstić information content (AvgIpc) is 2.36. The average molecular weight is 268 g/mol. The predicted molar refractivity (Wildman–Crippen MR) is 72.4 cm³/mol. The summed E-state index contributed by atoms with van der Waals surface area (Å²) in [5.41, 5.74) is 6.00. The Bertz CT molecular complexity index is 439. The number of carbonyl (C=O) groups is 1. The quantitative estimate of drug-likeness (QED) is 0.594. The van der Waals surface area contributed by atoms with Gasteiger partial charge in [0.2, 0.25) is 0 Å². The molecule has 1 aromatic rings. The van der Waals surface area contributed by atoms with Gasteiger partial charge in [-0.15, -0.1) is 0 Å². The summed E-state index contributed by atoms with van der Waals surface area (Å²) in [5, 5.41) is 0. The highest BCUT2D eigenvalue weighted by molar-refractivity contribution is 7.80. The minimum atomic E-state index is -0.320. The molecule has 0 saturated carbocycles. The van der Waals surface area contributed by atoms with Crippen molar-refractivity contribution in [3.05, 3.63) is 18.1 Å². The predicted octanol–water partition coefficient (Wildman–Crippen LogP) is 0.500. The van der Waals surface area contributed by atoms with Crippen LogP contribution in [0.1, 0.15) is 19.5 Å². The minimum absolute atomic E-state index is 0.0959. The van der Waals surface area contributed by atoms with Gasteiger partial charge in [0, 0.05) is 18.9 Å². The molecule has 0 bridgehead atoms. The highest BCUT2D eigenvalue weighted by Gasteiger charge is 2.17. The maximum absolute atomic E-state index is 11.5. The summed E-state index contributed by atoms with van der Waals surface area (Å²) in [5.74, 6) is 0.180. The zero-order valence-electron chi connectivity index (χ0n) is 10.4. The number of hydrogen-bond acceptors (Lipinski definition) is 6. The summed E-state index contributed by atoms with van der Waals surface area (Å²) >= 11 is 4.91. The Morgan fingerprint density at radius 1 is 1.44 bits per heavy atom. The van der Waals surface area contributed by atoms with Gasteiger partial charge in [0.25, 0.3) is 0 Å². The Hall–Kier alpha value is -1.76. The SMILES string of the molecule is CCOC(=O)CN(CC)c1nccnc1C(N)=S. The van der Waals surface area contributed by atoms with Crippen molar-refractivity contribution < 1.29 is 9.53 Å². The molecule has 6 nitrogen and oxygen atoms in total. The molecule has 0 aliphatic rings. The van der Waals surface area contributed by atoms with Crippen LogP contribution < -0.4 is 10.6 Å². The molecule has 0 radical (unpaired) electrons. The number of nitrogens with zero attached hydrogens (tertiary/aromatic N) is 3. The van der Waals surface area contributed by atoms with Crippen molar-refractivity contribution in [3.63, 3.8) is 0 Å². The van der Waals surface area contributed by atoms with Gasteiger partial charge in [0.05, 0.1) is 6.61 Å². The van der Waals surface area contributed by atoms with Crippen molar-refractivity contribution >= 4 is 29.0 Å². The highest BCUT2D eigenvalue weighted by atomic mass is 32.1. The third-order valence-corrected chi connectivity index (χ3v) is 2.41. The molecule has 0 aromatic carbocycles. The first-order valence-electron chi connectivity index (χ1n) is 5.61. The monoisotopic (exact) mass is 268 g/mol. The molecule has 1 rings (SSSR count). The van der Waals surface area contributed by atoms with Crippen LogP contribution in [-0.2, 0) is 9.53 Å². The summed E-state index contributed by atoms with van der Waals surface area (Å²) in [6.45, 7) is 4.68. The molecule has 7 heteroatoms. The summed E-state index contributed by atoms with van der Waals surface area (Å²) in [4.78, 5) is 21.6. The van der Waals surface area contributed by atoms with Crippen LogP contribution in [0, 0.1) is 0 Å². The zero-order chi connectivity index (χ0) is 13.5. The Morgan fingerprint density at radius 3 is 2.67 bits per heavy atom. The lowest BCUT2D eigenvalue weighted by Gasteiger charge is -2.22. The van der Waals surface area contributed by atoms with Crippen LogP contribution in [-0.4, -0.2) is 40.6 Å². The van der Waals surface area contributed by atoms with E-state index in [1.165, 1.54) is 12.4 Å². The van der Waals surface area contributed by atoms with E-state index < -0.39 is 0 Å². The maximum atomic E-state index is 11.5. The molecular weight excluding hydrogens is 252 g/mol. The smallest absolute Gasteiger partial charge is 0.325 e. The van der Waals surface area contributed by atoms with Crippen LogP contribution in [0.25, 0.3) is 0 Å². The lowest BCUT2D eigenvalue weighted by atomic mass is 10.3. The molecule has 0 atom stereocenters. The molecule has 0 saturated heterocycles. The van der Waals surface area contributed by atoms with Crippen molar-refractivity contribution in [2.75, 3.05) is 24.6 Å². The van der Waals surface area contributed by atoms with Gasteiger partial charge in [-0.25, -0.2) is 9.97 Å². The highest BCUT2D eigenvalue weighted by Crippen LogP contribution is 2.14. The van der Waals surface area contributed by atoms with Gasteiger partial charge in [-0.3, -0.25) is 4.79 Å². The Balaban J connectivity index is 2.94. The number of hydrogen-bond donors (Lipinski definition) is 1. The van der Waals surface area contributed by atoms with Crippen LogP contribution in [0.5, 0.6) is 0 Å². The van der Waals surface area contributed by atoms with Crippen molar-refractivity contribution in [2.45, 2.75) is 13.8 Å². The second kappa shape index (κ2) is 6.85. The van der Waals surface area contributed by atoms with E-state index in [0.29, 0.717) is 24.7 Å². The number of ether oxygens (including phenoxy) is 1. The van der Waals surface area contributed by atoms with Crippen molar-refractivity contribution in [1.29, 1.82) is 0 Å². The fraction of sp³-hybridized carbons (Fsp3) is 0.455. The van der Waals surface area contributed by atoms with Gasteiger partial charge in [-0.2, -0.15) is 0 Å². The van der Waals surface area contributed by atoms with Crippen molar-refractivity contribution in [1.82, 2.24) is 9.97 Å². The Morgan fingerprint density at radius 2 is 2.11 bits per heavy atom. The fourth-order valence-corrected chi connectivity index (χ4v) is 1.58. The van der Waals surface area contributed by atoms with Gasteiger partial charge < -0.3 is 15.4 Å². The Labute approximate surface area is 111 Å². The summed E-state index contributed by atoms with van der Waals surface area (Å²) in [7, 11) is 0. The van der Waals surface area contributed by atoms with Crippen LogP contribution in [0.15, 0.2) is 12.4 Å². The van der Waals surface area contributed by atoms with E-state index in [0.717, 1.165) is 0 Å². The third-order valence-electron chi connectivity index (χ3n) is 2.22. The topological polar surface area (TPSA) is 81.3 Å². The van der Waals surface area contributed by atoms with Crippen LogP contribution in [0.2, 0.25) is 0 Å². The molecule has 0 aliphatic heterocycles.